The number of nitrogens with zero attached hydrogens (tertiary/aromatic N) is 3. The topological polar surface area (TPSA) is 86.9 Å². The Labute approximate surface area is 103 Å². The van der Waals surface area contributed by atoms with Crippen molar-refractivity contribution in [2.24, 2.45) is 0 Å². The van der Waals surface area contributed by atoms with E-state index in [1.165, 1.54) is 17.0 Å². The Morgan fingerprint density at radius 3 is 2.44 bits per heavy atom. The second-order valence-electron chi connectivity index (χ2n) is 4.23. The van der Waals surface area contributed by atoms with Crippen LogP contribution in [0.2, 0.25) is 0 Å². The van der Waals surface area contributed by atoms with Crippen molar-refractivity contribution in [2.75, 3.05) is 25.0 Å². The number of nitro groups is 1. The molecule has 2 rings (SSSR count). The third kappa shape index (κ3) is 2.20. The van der Waals surface area contributed by atoms with E-state index < -0.39 is 11.0 Å². The number of likely N-dealkylation sites (N-methyl/N-ethyl adjacent to an activating group) is 1. The van der Waals surface area contributed by atoms with E-state index >= 15 is 0 Å². The first-order valence-corrected chi connectivity index (χ1v) is 5.44. The Bertz CT molecular complexity index is 468. The van der Waals surface area contributed by atoms with Crippen LogP contribution in [0.25, 0.3) is 0 Å². The molecule has 1 aromatic carbocycles. The Hall–Kier alpha value is -2.31. The van der Waals surface area contributed by atoms with Gasteiger partial charge in [-0.1, -0.05) is 0 Å². The Morgan fingerprint density at radius 1 is 1.44 bits per heavy atom. The molecule has 1 N–H and O–H groups in total. The molecule has 0 saturated carbocycles. The van der Waals surface area contributed by atoms with Crippen molar-refractivity contribution in [3.63, 3.8) is 0 Å². The number of carbonyl (C=O) groups is 1. The molecular formula is C11H13N3O4. The number of nitro benzene ring substituents is 1. The third-order valence-electron chi connectivity index (χ3n) is 3.14. The maximum Gasteiger partial charge on any atom is 0.407 e. The van der Waals surface area contributed by atoms with E-state index in [4.69, 9.17) is 5.11 Å². The van der Waals surface area contributed by atoms with Crippen LogP contribution >= 0.6 is 0 Å². The molecule has 7 heteroatoms. The quantitative estimate of drug-likeness (QED) is 0.648. The number of amides is 1. The summed E-state index contributed by atoms with van der Waals surface area (Å²) in [6, 6.07) is 6.23. The van der Waals surface area contributed by atoms with Crippen molar-refractivity contribution >= 4 is 17.5 Å². The number of rotatable bonds is 3. The lowest BCUT2D eigenvalue weighted by atomic mass is 10.1. The number of non-ortho nitro benzene ring substituents is 1. The molecule has 0 aliphatic carbocycles. The molecule has 1 saturated heterocycles. The first kappa shape index (κ1) is 12.2. The average Bonchev–Trinajstić information content (AvgIpc) is 2.27. The number of hydrogen-bond donors (Lipinski definition) is 1. The fourth-order valence-electron chi connectivity index (χ4n) is 1.85. The normalized spacial score (nSPS) is 15.1. The van der Waals surface area contributed by atoms with Crippen LogP contribution < -0.4 is 4.90 Å². The highest BCUT2D eigenvalue weighted by Crippen LogP contribution is 2.25. The molecule has 1 fully saturated rings. The van der Waals surface area contributed by atoms with Crippen LogP contribution in [0.4, 0.5) is 16.2 Å². The van der Waals surface area contributed by atoms with Crippen LogP contribution in [0.5, 0.6) is 0 Å². The van der Waals surface area contributed by atoms with Crippen LogP contribution in [0, 0.1) is 10.1 Å². The molecule has 18 heavy (non-hydrogen) atoms. The highest BCUT2D eigenvalue weighted by Gasteiger charge is 2.32. The summed E-state index contributed by atoms with van der Waals surface area (Å²) in [4.78, 5) is 24.0. The van der Waals surface area contributed by atoms with Gasteiger partial charge in [-0.25, -0.2) is 4.79 Å². The van der Waals surface area contributed by atoms with E-state index in [1.54, 1.807) is 19.2 Å². The van der Waals surface area contributed by atoms with E-state index in [0.29, 0.717) is 13.1 Å². The van der Waals surface area contributed by atoms with Gasteiger partial charge in [0.25, 0.3) is 5.69 Å². The molecule has 1 heterocycles. The lowest BCUT2D eigenvalue weighted by Crippen LogP contribution is -2.59. The molecule has 0 atom stereocenters. The number of hydrogen-bond acceptors (Lipinski definition) is 4. The van der Waals surface area contributed by atoms with Crippen LogP contribution in [-0.4, -0.2) is 47.2 Å². The zero-order valence-electron chi connectivity index (χ0n) is 9.81. The number of anilines is 1. The predicted octanol–water partition coefficient (Wildman–Crippen LogP) is 1.39. The minimum Gasteiger partial charge on any atom is -0.465 e. The summed E-state index contributed by atoms with van der Waals surface area (Å²) in [5, 5.41) is 19.3. The van der Waals surface area contributed by atoms with Crippen LogP contribution in [0.1, 0.15) is 0 Å². The van der Waals surface area contributed by atoms with Gasteiger partial charge in [0.15, 0.2) is 0 Å². The molecule has 0 bridgehead atoms. The van der Waals surface area contributed by atoms with Gasteiger partial charge in [0.05, 0.1) is 11.0 Å². The van der Waals surface area contributed by atoms with Gasteiger partial charge < -0.3 is 14.9 Å². The summed E-state index contributed by atoms with van der Waals surface area (Å²) in [7, 11) is 1.54. The molecule has 1 aliphatic heterocycles. The summed E-state index contributed by atoms with van der Waals surface area (Å²) in [5.41, 5.74) is 0.925. The highest BCUT2D eigenvalue weighted by atomic mass is 16.6. The second kappa shape index (κ2) is 4.52. The summed E-state index contributed by atoms with van der Waals surface area (Å²) < 4.78 is 0. The van der Waals surface area contributed by atoms with Crippen LogP contribution in [0.15, 0.2) is 24.3 Å². The smallest absolute Gasteiger partial charge is 0.407 e. The summed E-state index contributed by atoms with van der Waals surface area (Å²) in [5.74, 6) is 0. The minimum atomic E-state index is -0.941. The zero-order valence-corrected chi connectivity index (χ0v) is 9.81. The third-order valence-corrected chi connectivity index (χ3v) is 3.14. The predicted molar refractivity (Wildman–Crippen MR) is 64.9 cm³/mol. The monoisotopic (exact) mass is 251 g/mol. The van der Waals surface area contributed by atoms with E-state index in [-0.39, 0.29) is 11.7 Å². The second-order valence-corrected chi connectivity index (χ2v) is 4.23. The summed E-state index contributed by atoms with van der Waals surface area (Å²) in [6.45, 7) is 1.22. The van der Waals surface area contributed by atoms with E-state index in [9.17, 15) is 14.9 Å². The lowest BCUT2D eigenvalue weighted by Gasteiger charge is -2.44. The van der Waals surface area contributed by atoms with E-state index in [0.717, 1.165) is 5.69 Å². The standard InChI is InChI=1S/C11H13N3O4/c1-12(11(15)16)10-6-13(7-10)8-2-4-9(5-3-8)14(17)18/h2-5,10H,6-7H2,1H3,(H,15,16). The summed E-state index contributed by atoms with van der Waals surface area (Å²) in [6.07, 6.45) is -0.941. The average molecular weight is 251 g/mol. The lowest BCUT2D eigenvalue weighted by molar-refractivity contribution is -0.384. The van der Waals surface area contributed by atoms with Crippen LogP contribution in [0.3, 0.4) is 0 Å². The first-order chi connectivity index (χ1) is 8.49. The Morgan fingerprint density at radius 2 is 2.00 bits per heavy atom. The first-order valence-electron chi connectivity index (χ1n) is 5.44. The SMILES string of the molecule is CN(C(=O)O)C1CN(c2ccc([N+](=O)[O-])cc2)C1. The Kier molecular flexibility index (Phi) is 3.05. The molecule has 7 nitrogen and oxygen atoms in total. The molecular weight excluding hydrogens is 238 g/mol. The molecule has 0 unspecified atom stereocenters. The van der Waals surface area contributed by atoms with Crippen LogP contribution in [-0.2, 0) is 0 Å². The van der Waals surface area contributed by atoms with Gasteiger partial charge in [-0.2, -0.15) is 0 Å². The van der Waals surface area contributed by atoms with E-state index in [2.05, 4.69) is 0 Å². The van der Waals surface area contributed by atoms with Gasteiger partial charge in [-0.3, -0.25) is 10.1 Å². The zero-order chi connectivity index (χ0) is 13.3. The van der Waals surface area contributed by atoms with Gasteiger partial charge >= 0.3 is 6.09 Å². The highest BCUT2D eigenvalue weighted by molar-refractivity contribution is 5.66. The fraction of sp³-hybridized carbons (Fsp3) is 0.364. The Balaban J connectivity index is 1.96. The van der Waals surface area contributed by atoms with Gasteiger partial charge in [0.1, 0.15) is 0 Å². The molecule has 0 spiro atoms. The molecule has 1 aromatic rings. The maximum absolute atomic E-state index is 10.7. The van der Waals surface area contributed by atoms with Crippen molar-refractivity contribution in [3.05, 3.63) is 34.4 Å². The molecule has 96 valence electrons. The molecule has 1 amide bonds. The molecule has 0 radical (unpaired) electrons. The van der Waals surface area contributed by atoms with Crippen molar-refractivity contribution in [3.8, 4) is 0 Å². The van der Waals surface area contributed by atoms with Crippen molar-refractivity contribution in [2.45, 2.75) is 6.04 Å². The minimum absolute atomic E-state index is 0.0160. The van der Waals surface area contributed by atoms with Crippen molar-refractivity contribution < 1.29 is 14.8 Å². The number of carboxylic acid groups (broad SMARTS) is 1. The number of benzene rings is 1. The largest absolute Gasteiger partial charge is 0.465 e. The molecule has 0 aromatic heterocycles. The van der Waals surface area contributed by atoms with Gasteiger partial charge in [-0.15, -0.1) is 0 Å². The maximum atomic E-state index is 10.7. The van der Waals surface area contributed by atoms with Gasteiger partial charge in [0, 0.05) is 38.0 Å². The van der Waals surface area contributed by atoms with E-state index in [1.807, 2.05) is 4.90 Å². The van der Waals surface area contributed by atoms with Crippen molar-refractivity contribution in [1.29, 1.82) is 0 Å². The van der Waals surface area contributed by atoms with Gasteiger partial charge in [0.2, 0.25) is 0 Å². The molecule has 1 aliphatic rings. The fourth-order valence-corrected chi connectivity index (χ4v) is 1.85. The summed E-state index contributed by atoms with van der Waals surface area (Å²) >= 11 is 0. The van der Waals surface area contributed by atoms with Gasteiger partial charge in [-0.05, 0) is 12.1 Å². The van der Waals surface area contributed by atoms with Crippen molar-refractivity contribution in [1.82, 2.24) is 4.90 Å².